The first-order chi connectivity index (χ1) is 6.18. The van der Waals surface area contributed by atoms with Crippen molar-refractivity contribution in [2.75, 3.05) is 5.73 Å². The third-order valence-electron chi connectivity index (χ3n) is 1.71. The van der Waals surface area contributed by atoms with Crippen LogP contribution in [0.25, 0.3) is 10.9 Å². The smallest absolute Gasteiger partial charge is 0.134 e. The summed E-state index contributed by atoms with van der Waals surface area (Å²) in [6.45, 7) is 0. The first kappa shape index (κ1) is 8.53. The standard InChI is InChI=1S/C8H5Cl2N3/c9-5-1-4-7(2-6(5)10)12-3-13-8(4)11/h1-3H,(H2,11,12,13). The van der Waals surface area contributed by atoms with Crippen molar-refractivity contribution < 1.29 is 0 Å². The maximum atomic E-state index is 5.82. The number of aromatic nitrogens is 2. The predicted molar refractivity (Wildman–Crippen MR) is 54.0 cm³/mol. The quantitative estimate of drug-likeness (QED) is 0.732. The Hall–Kier alpha value is -1.06. The largest absolute Gasteiger partial charge is 0.383 e. The van der Waals surface area contributed by atoms with Crippen molar-refractivity contribution in [2.45, 2.75) is 0 Å². The van der Waals surface area contributed by atoms with Gasteiger partial charge < -0.3 is 5.73 Å². The first-order valence-electron chi connectivity index (χ1n) is 3.53. The van der Waals surface area contributed by atoms with Crippen LogP contribution in [0.3, 0.4) is 0 Å². The van der Waals surface area contributed by atoms with Crippen LogP contribution in [0.2, 0.25) is 10.0 Å². The van der Waals surface area contributed by atoms with Crippen LogP contribution in [0.1, 0.15) is 0 Å². The lowest BCUT2D eigenvalue weighted by Gasteiger charge is -2.01. The normalized spacial score (nSPS) is 10.6. The Morgan fingerprint density at radius 2 is 1.77 bits per heavy atom. The van der Waals surface area contributed by atoms with E-state index in [2.05, 4.69) is 9.97 Å². The van der Waals surface area contributed by atoms with E-state index in [0.29, 0.717) is 21.4 Å². The summed E-state index contributed by atoms with van der Waals surface area (Å²) in [7, 11) is 0. The van der Waals surface area contributed by atoms with E-state index in [0.717, 1.165) is 5.39 Å². The molecule has 3 nitrogen and oxygen atoms in total. The fourth-order valence-corrected chi connectivity index (χ4v) is 1.39. The minimum Gasteiger partial charge on any atom is -0.383 e. The molecule has 0 spiro atoms. The van der Waals surface area contributed by atoms with Gasteiger partial charge in [-0.3, -0.25) is 0 Å². The number of nitrogens with zero attached hydrogens (tertiary/aromatic N) is 2. The number of anilines is 1. The van der Waals surface area contributed by atoms with E-state index in [4.69, 9.17) is 28.9 Å². The summed E-state index contributed by atoms with van der Waals surface area (Å²) in [5, 5.41) is 1.64. The minimum absolute atomic E-state index is 0.406. The fraction of sp³-hybridized carbons (Fsp3) is 0. The van der Waals surface area contributed by atoms with Gasteiger partial charge in [-0.1, -0.05) is 23.2 Å². The molecular formula is C8H5Cl2N3. The van der Waals surface area contributed by atoms with E-state index in [1.165, 1.54) is 6.33 Å². The highest BCUT2D eigenvalue weighted by atomic mass is 35.5. The van der Waals surface area contributed by atoms with Crippen LogP contribution < -0.4 is 5.73 Å². The molecule has 0 radical (unpaired) electrons. The van der Waals surface area contributed by atoms with Crippen molar-refractivity contribution in [3.63, 3.8) is 0 Å². The zero-order valence-corrected chi connectivity index (χ0v) is 7.97. The van der Waals surface area contributed by atoms with Crippen LogP contribution >= 0.6 is 23.2 Å². The van der Waals surface area contributed by atoms with Crippen molar-refractivity contribution in [1.29, 1.82) is 0 Å². The molecule has 0 fully saturated rings. The maximum absolute atomic E-state index is 5.82. The number of rotatable bonds is 0. The molecule has 2 N–H and O–H groups in total. The molecule has 0 aliphatic rings. The molecule has 5 heteroatoms. The van der Waals surface area contributed by atoms with Crippen molar-refractivity contribution in [1.82, 2.24) is 9.97 Å². The molecule has 1 aromatic carbocycles. The summed E-state index contributed by atoms with van der Waals surface area (Å²) >= 11 is 11.6. The lowest BCUT2D eigenvalue weighted by molar-refractivity contribution is 1.23. The molecule has 0 bridgehead atoms. The molecule has 2 rings (SSSR count). The summed E-state index contributed by atoms with van der Waals surface area (Å²) in [5.74, 6) is 0.406. The Morgan fingerprint density at radius 1 is 1.08 bits per heavy atom. The number of nitrogens with two attached hydrogens (primary N) is 1. The van der Waals surface area contributed by atoms with Gasteiger partial charge >= 0.3 is 0 Å². The van der Waals surface area contributed by atoms with Crippen LogP contribution in [-0.4, -0.2) is 9.97 Å². The first-order valence-corrected chi connectivity index (χ1v) is 4.29. The van der Waals surface area contributed by atoms with E-state index in [1.807, 2.05) is 0 Å². The summed E-state index contributed by atoms with van der Waals surface area (Å²) in [5.41, 5.74) is 6.32. The van der Waals surface area contributed by atoms with Crippen LogP contribution in [-0.2, 0) is 0 Å². The minimum atomic E-state index is 0.406. The van der Waals surface area contributed by atoms with Crippen molar-refractivity contribution >= 4 is 39.9 Å². The van der Waals surface area contributed by atoms with Crippen LogP contribution in [0, 0.1) is 0 Å². The van der Waals surface area contributed by atoms with Gasteiger partial charge in [0, 0.05) is 5.39 Å². The van der Waals surface area contributed by atoms with Gasteiger partial charge in [-0.25, -0.2) is 9.97 Å². The molecule has 2 aromatic rings. The van der Waals surface area contributed by atoms with Gasteiger partial charge in [0.25, 0.3) is 0 Å². The second kappa shape index (κ2) is 3.01. The van der Waals surface area contributed by atoms with Gasteiger partial charge in [-0.05, 0) is 12.1 Å². The highest BCUT2D eigenvalue weighted by Gasteiger charge is 2.04. The average Bonchev–Trinajstić information content (AvgIpc) is 2.09. The molecule has 66 valence electrons. The van der Waals surface area contributed by atoms with Gasteiger partial charge in [0.15, 0.2) is 0 Å². The highest BCUT2D eigenvalue weighted by molar-refractivity contribution is 6.42. The highest BCUT2D eigenvalue weighted by Crippen LogP contribution is 2.28. The Bertz CT molecular complexity index is 470. The number of fused-ring (bicyclic) bond motifs is 1. The van der Waals surface area contributed by atoms with Gasteiger partial charge in [-0.15, -0.1) is 0 Å². The Balaban J connectivity index is 2.89. The lowest BCUT2D eigenvalue weighted by Crippen LogP contribution is -1.92. The number of nitrogen functional groups attached to an aromatic ring is 1. The number of hydrogen-bond acceptors (Lipinski definition) is 3. The third-order valence-corrected chi connectivity index (χ3v) is 2.43. The number of hydrogen-bond donors (Lipinski definition) is 1. The molecule has 0 aliphatic heterocycles. The van der Waals surface area contributed by atoms with E-state index in [1.54, 1.807) is 12.1 Å². The summed E-state index contributed by atoms with van der Waals surface area (Å²) in [6.07, 6.45) is 1.39. The third kappa shape index (κ3) is 1.41. The van der Waals surface area contributed by atoms with Crippen molar-refractivity contribution in [2.24, 2.45) is 0 Å². The predicted octanol–water partition coefficient (Wildman–Crippen LogP) is 2.52. The SMILES string of the molecule is Nc1ncnc2cc(Cl)c(Cl)cc12. The van der Waals surface area contributed by atoms with Gasteiger partial charge in [0.05, 0.1) is 15.6 Å². The average molecular weight is 214 g/mol. The summed E-state index contributed by atoms with van der Waals surface area (Å²) < 4.78 is 0. The molecule has 1 aromatic heterocycles. The van der Waals surface area contributed by atoms with Gasteiger partial charge in [0.1, 0.15) is 12.1 Å². The molecule has 0 amide bonds. The molecule has 13 heavy (non-hydrogen) atoms. The lowest BCUT2D eigenvalue weighted by atomic mass is 10.2. The van der Waals surface area contributed by atoms with Gasteiger partial charge in [0.2, 0.25) is 0 Å². The maximum Gasteiger partial charge on any atom is 0.134 e. The van der Waals surface area contributed by atoms with E-state index < -0.39 is 0 Å². The molecule has 0 saturated heterocycles. The van der Waals surface area contributed by atoms with E-state index >= 15 is 0 Å². The molecule has 0 unspecified atom stereocenters. The van der Waals surface area contributed by atoms with Gasteiger partial charge in [-0.2, -0.15) is 0 Å². The van der Waals surface area contributed by atoms with Crippen molar-refractivity contribution in [3.8, 4) is 0 Å². The molecule has 1 heterocycles. The summed E-state index contributed by atoms with van der Waals surface area (Å²) in [4.78, 5) is 7.85. The van der Waals surface area contributed by atoms with E-state index in [-0.39, 0.29) is 0 Å². The Kier molecular flexibility index (Phi) is 1.98. The van der Waals surface area contributed by atoms with Crippen LogP contribution in [0.4, 0.5) is 5.82 Å². The Morgan fingerprint density at radius 3 is 2.54 bits per heavy atom. The zero-order valence-electron chi connectivity index (χ0n) is 6.46. The second-order valence-corrected chi connectivity index (χ2v) is 3.36. The fourth-order valence-electron chi connectivity index (χ4n) is 1.07. The second-order valence-electron chi connectivity index (χ2n) is 2.54. The molecule has 0 atom stereocenters. The topological polar surface area (TPSA) is 51.8 Å². The van der Waals surface area contributed by atoms with Crippen LogP contribution in [0.5, 0.6) is 0 Å². The Labute approximate surface area is 84.5 Å². The monoisotopic (exact) mass is 213 g/mol. The number of benzene rings is 1. The van der Waals surface area contributed by atoms with Crippen molar-refractivity contribution in [3.05, 3.63) is 28.5 Å². The van der Waals surface area contributed by atoms with Crippen LogP contribution in [0.15, 0.2) is 18.5 Å². The molecule has 0 saturated carbocycles. The number of halogens is 2. The molecular weight excluding hydrogens is 209 g/mol. The summed E-state index contributed by atoms with van der Waals surface area (Å²) in [6, 6.07) is 3.33. The molecule has 0 aliphatic carbocycles. The zero-order chi connectivity index (χ0) is 9.42. The van der Waals surface area contributed by atoms with E-state index in [9.17, 15) is 0 Å².